The quantitative estimate of drug-likeness (QED) is 0.638. The lowest BCUT2D eigenvalue weighted by molar-refractivity contribution is -0.133. The van der Waals surface area contributed by atoms with E-state index in [1.165, 1.54) is 0 Å². The largest absolute Gasteiger partial charge is 0.336 e. The van der Waals surface area contributed by atoms with E-state index in [1.54, 1.807) is 4.90 Å². The Bertz CT molecular complexity index is 222. The molecule has 1 amide bonds. The normalized spacial score (nSPS) is 28.2. The number of carbonyl (C=O) groups is 1. The molecular weight excluding hydrogens is 181 g/mol. The monoisotopic (exact) mass is 201 g/mol. The van der Waals surface area contributed by atoms with Crippen LogP contribution in [0.1, 0.15) is 40.5 Å². The third-order valence-corrected chi connectivity index (χ3v) is 2.87. The molecule has 1 aliphatic heterocycles. The molecule has 0 aliphatic carbocycles. The smallest absolute Gasteiger partial charge is 0.222 e. The second kappa shape index (κ2) is 3.87. The van der Waals surface area contributed by atoms with Gasteiger partial charge in [0.05, 0.1) is 6.54 Å². The maximum absolute atomic E-state index is 13.3. The van der Waals surface area contributed by atoms with Crippen molar-refractivity contribution in [3.8, 4) is 0 Å². The van der Waals surface area contributed by atoms with Crippen molar-refractivity contribution in [2.75, 3.05) is 6.54 Å². The molecule has 0 aromatic heterocycles. The van der Waals surface area contributed by atoms with E-state index in [-0.39, 0.29) is 23.9 Å². The number of carbonyl (C=O) groups excluding carboxylic acids is 1. The van der Waals surface area contributed by atoms with Gasteiger partial charge in [-0.05, 0) is 5.41 Å². The highest BCUT2D eigenvalue weighted by atomic mass is 19.1. The minimum absolute atomic E-state index is 0.0222. The van der Waals surface area contributed by atoms with Gasteiger partial charge in [-0.3, -0.25) is 4.79 Å². The van der Waals surface area contributed by atoms with Gasteiger partial charge in [0.15, 0.2) is 0 Å². The maximum atomic E-state index is 13.3. The van der Waals surface area contributed by atoms with Crippen molar-refractivity contribution in [3.05, 3.63) is 0 Å². The Morgan fingerprint density at radius 3 is 2.50 bits per heavy atom. The van der Waals surface area contributed by atoms with Crippen LogP contribution in [0.2, 0.25) is 0 Å². The number of rotatable bonds is 1. The first kappa shape index (κ1) is 11.5. The van der Waals surface area contributed by atoms with Crippen LogP contribution < -0.4 is 0 Å². The molecule has 0 aromatic carbocycles. The highest BCUT2D eigenvalue weighted by Gasteiger charge is 2.40. The lowest BCUT2D eigenvalue weighted by Crippen LogP contribution is -2.42. The molecular formula is C11H20FNO. The molecule has 0 spiro atoms. The minimum atomic E-state index is -0.838. The van der Waals surface area contributed by atoms with E-state index in [0.717, 1.165) is 0 Å². The lowest BCUT2D eigenvalue weighted by atomic mass is 9.85. The summed E-state index contributed by atoms with van der Waals surface area (Å²) in [6.45, 7) is 8.30. The van der Waals surface area contributed by atoms with Gasteiger partial charge in [0.1, 0.15) is 6.17 Å². The van der Waals surface area contributed by atoms with Gasteiger partial charge in [-0.25, -0.2) is 4.39 Å². The van der Waals surface area contributed by atoms with E-state index < -0.39 is 6.17 Å². The first-order valence-corrected chi connectivity index (χ1v) is 5.29. The van der Waals surface area contributed by atoms with Crippen LogP contribution in [0.5, 0.6) is 0 Å². The molecule has 0 aromatic rings. The Balaban J connectivity index is 2.78. The van der Waals surface area contributed by atoms with Crippen LogP contribution in [0.25, 0.3) is 0 Å². The standard InChI is InChI=1S/C11H20FNO/c1-5-10(14)13-7-8(12)6-9(13)11(2,3)4/h8-9H,5-7H2,1-4H3/t8-,9?/m0/s1. The Labute approximate surface area is 85.5 Å². The predicted octanol–water partition coefficient (Wildman–Crippen LogP) is 2.38. The summed E-state index contributed by atoms with van der Waals surface area (Å²) in [5.74, 6) is 0.0741. The summed E-state index contributed by atoms with van der Waals surface area (Å²) in [6.07, 6.45) is 0.129. The number of nitrogens with zero attached hydrogens (tertiary/aromatic N) is 1. The molecule has 3 heteroatoms. The first-order valence-electron chi connectivity index (χ1n) is 5.29. The lowest BCUT2D eigenvalue weighted by Gasteiger charge is -2.34. The van der Waals surface area contributed by atoms with Crippen LogP contribution in [0.3, 0.4) is 0 Å². The van der Waals surface area contributed by atoms with Crippen molar-refractivity contribution in [1.82, 2.24) is 4.90 Å². The third kappa shape index (κ3) is 2.25. The summed E-state index contributed by atoms with van der Waals surface area (Å²) in [5.41, 5.74) is -0.0222. The third-order valence-electron chi connectivity index (χ3n) is 2.87. The Morgan fingerprint density at radius 1 is 1.50 bits per heavy atom. The number of hydrogen-bond acceptors (Lipinski definition) is 1. The van der Waals surface area contributed by atoms with E-state index in [2.05, 4.69) is 20.8 Å². The van der Waals surface area contributed by atoms with E-state index >= 15 is 0 Å². The fourth-order valence-electron chi connectivity index (χ4n) is 2.08. The molecule has 0 bridgehead atoms. The van der Waals surface area contributed by atoms with Gasteiger partial charge in [-0.15, -0.1) is 0 Å². The molecule has 0 saturated carbocycles. The van der Waals surface area contributed by atoms with Gasteiger partial charge in [0.2, 0.25) is 5.91 Å². The first-order chi connectivity index (χ1) is 6.36. The zero-order valence-corrected chi connectivity index (χ0v) is 9.51. The van der Waals surface area contributed by atoms with Gasteiger partial charge < -0.3 is 4.90 Å². The fourth-order valence-corrected chi connectivity index (χ4v) is 2.08. The van der Waals surface area contributed by atoms with Crippen molar-refractivity contribution in [2.24, 2.45) is 5.41 Å². The molecule has 1 saturated heterocycles. The van der Waals surface area contributed by atoms with Crippen molar-refractivity contribution < 1.29 is 9.18 Å². The average molecular weight is 201 g/mol. The number of amides is 1. The molecule has 1 heterocycles. The minimum Gasteiger partial charge on any atom is -0.336 e. The van der Waals surface area contributed by atoms with Gasteiger partial charge in [0, 0.05) is 18.9 Å². The van der Waals surface area contributed by atoms with E-state index in [1.807, 2.05) is 6.92 Å². The summed E-state index contributed by atoms with van der Waals surface area (Å²) in [7, 11) is 0. The van der Waals surface area contributed by atoms with Crippen LogP contribution in [0, 0.1) is 5.41 Å². The van der Waals surface area contributed by atoms with Gasteiger partial charge in [0.25, 0.3) is 0 Å². The Kier molecular flexibility index (Phi) is 3.17. The van der Waals surface area contributed by atoms with Crippen molar-refractivity contribution in [2.45, 2.75) is 52.8 Å². The second-order valence-electron chi connectivity index (χ2n) is 5.11. The maximum Gasteiger partial charge on any atom is 0.222 e. The summed E-state index contributed by atoms with van der Waals surface area (Å²) < 4.78 is 13.3. The summed E-state index contributed by atoms with van der Waals surface area (Å²) >= 11 is 0. The van der Waals surface area contributed by atoms with Crippen LogP contribution >= 0.6 is 0 Å². The average Bonchev–Trinajstić information content (AvgIpc) is 2.45. The zero-order chi connectivity index (χ0) is 10.9. The van der Waals surface area contributed by atoms with Crippen molar-refractivity contribution in [3.63, 3.8) is 0 Å². The van der Waals surface area contributed by atoms with Crippen LogP contribution in [0.4, 0.5) is 4.39 Å². The highest BCUT2D eigenvalue weighted by molar-refractivity contribution is 5.76. The Morgan fingerprint density at radius 2 is 2.07 bits per heavy atom. The second-order valence-corrected chi connectivity index (χ2v) is 5.11. The topological polar surface area (TPSA) is 20.3 Å². The van der Waals surface area contributed by atoms with E-state index in [4.69, 9.17) is 0 Å². The van der Waals surface area contributed by atoms with Gasteiger partial charge in [-0.2, -0.15) is 0 Å². The van der Waals surface area contributed by atoms with E-state index in [0.29, 0.717) is 12.8 Å². The number of alkyl halides is 1. The molecule has 1 rings (SSSR count). The van der Waals surface area contributed by atoms with Gasteiger partial charge in [-0.1, -0.05) is 27.7 Å². The predicted molar refractivity (Wildman–Crippen MR) is 54.8 cm³/mol. The molecule has 1 fully saturated rings. The van der Waals surface area contributed by atoms with Crippen LogP contribution in [-0.2, 0) is 4.79 Å². The highest BCUT2D eigenvalue weighted by Crippen LogP contribution is 2.34. The molecule has 82 valence electrons. The fraction of sp³-hybridized carbons (Fsp3) is 0.909. The molecule has 0 radical (unpaired) electrons. The number of likely N-dealkylation sites (tertiary alicyclic amines) is 1. The van der Waals surface area contributed by atoms with Crippen LogP contribution in [-0.4, -0.2) is 29.6 Å². The van der Waals surface area contributed by atoms with E-state index in [9.17, 15) is 9.18 Å². The SMILES string of the molecule is CCC(=O)N1C[C@@H](F)CC1C(C)(C)C. The molecule has 14 heavy (non-hydrogen) atoms. The zero-order valence-electron chi connectivity index (χ0n) is 9.51. The summed E-state index contributed by atoms with van der Waals surface area (Å²) in [6, 6.07) is 0.0601. The molecule has 2 atom stereocenters. The molecule has 2 nitrogen and oxygen atoms in total. The van der Waals surface area contributed by atoms with Gasteiger partial charge >= 0.3 is 0 Å². The Hall–Kier alpha value is -0.600. The summed E-state index contributed by atoms with van der Waals surface area (Å²) in [4.78, 5) is 13.3. The number of halogens is 1. The van der Waals surface area contributed by atoms with Crippen molar-refractivity contribution >= 4 is 5.91 Å². The van der Waals surface area contributed by atoms with Crippen LogP contribution in [0.15, 0.2) is 0 Å². The molecule has 1 aliphatic rings. The van der Waals surface area contributed by atoms with Crippen molar-refractivity contribution in [1.29, 1.82) is 0 Å². The molecule has 0 N–H and O–H groups in total. The molecule has 1 unspecified atom stereocenters. The summed E-state index contributed by atoms with van der Waals surface area (Å²) in [5, 5.41) is 0. The number of hydrogen-bond donors (Lipinski definition) is 0.